The Bertz CT molecular complexity index is 505. The molecule has 3 N–H and O–H groups in total. The number of ether oxygens (including phenoxy) is 1. The molecule has 0 saturated heterocycles. The summed E-state index contributed by atoms with van der Waals surface area (Å²) in [5.74, 6) is -0.202. The summed E-state index contributed by atoms with van der Waals surface area (Å²) in [6, 6.07) is 2.06. The summed E-state index contributed by atoms with van der Waals surface area (Å²) in [5, 5.41) is 12.9. The van der Waals surface area contributed by atoms with Crippen molar-refractivity contribution in [2.24, 2.45) is 0 Å². The third kappa shape index (κ3) is 3.36. The van der Waals surface area contributed by atoms with Gasteiger partial charge in [0.05, 0.1) is 12.3 Å². The van der Waals surface area contributed by atoms with Crippen LogP contribution in [-0.4, -0.2) is 44.7 Å². The number of carbonyl (C=O) groups excluding carboxylic acids is 1. The van der Waals surface area contributed by atoms with E-state index in [1.165, 1.54) is 16.2 Å². The molecule has 0 radical (unpaired) electrons. The van der Waals surface area contributed by atoms with Gasteiger partial charge >= 0.3 is 0 Å². The standard InChI is InChI=1S/C12H18N4O2S/c1-7(6-18-4)15-11-8(5-13)9(14)10(19-11)12(17)16(2)3/h7,15H,6,14H2,1-4H3. The van der Waals surface area contributed by atoms with Crippen molar-refractivity contribution in [2.75, 3.05) is 38.9 Å². The molecule has 1 aromatic heterocycles. The number of rotatable bonds is 5. The molecular weight excluding hydrogens is 264 g/mol. The van der Waals surface area contributed by atoms with Crippen molar-refractivity contribution in [3.8, 4) is 6.07 Å². The van der Waals surface area contributed by atoms with Crippen molar-refractivity contribution < 1.29 is 9.53 Å². The van der Waals surface area contributed by atoms with Gasteiger partial charge in [0, 0.05) is 27.2 Å². The molecule has 7 heteroatoms. The first-order valence-corrected chi connectivity index (χ1v) is 6.53. The van der Waals surface area contributed by atoms with Crippen molar-refractivity contribution in [1.82, 2.24) is 4.90 Å². The van der Waals surface area contributed by atoms with Crippen LogP contribution in [0.25, 0.3) is 0 Å². The Labute approximate surface area is 116 Å². The smallest absolute Gasteiger partial charge is 0.265 e. The van der Waals surface area contributed by atoms with E-state index in [-0.39, 0.29) is 17.6 Å². The maximum Gasteiger partial charge on any atom is 0.265 e. The van der Waals surface area contributed by atoms with Gasteiger partial charge in [-0.2, -0.15) is 5.26 Å². The second-order valence-electron chi connectivity index (χ2n) is 4.36. The fourth-order valence-electron chi connectivity index (χ4n) is 1.53. The minimum atomic E-state index is -0.202. The normalized spacial score (nSPS) is 11.7. The van der Waals surface area contributed by atoms with Crippen LogP contribution in [0.1, 0.15) is 22.2 Å². The van der Waals surface area contributed by atoms with Crippen LogP contribution in [0.4, 0.5) is 10.7 Å². The Kier molecular flexibility index (Phi) is 5.15. The number of nitrogens with two attached hydrogens (primary N) is 1. The van der Waals surface area contributed by atoms with E-state index in [1.807, 2.05) is 13.0 Å². The molecule has 0 saturated carbocycles. The number of hydrogen-bond acceptors (Lipinski definition) is 6. The maximum atomic E-state index is 12.0. The van der Waals surface area contributed by atoms with Crippen LogP contribution in [0.3, 0.4) is 0 Å². The first kappa shape index (κ1) is 15.3. The van der Waals surface area contributed by atoms with E-state index >= 15 is 0 Å². The van der Waals surface area contributed by atoms with Crippen LogP contribution in [0.5, 0.6) is 0 Å². The highest BCUT2D eigenvalue weighted by Gasteiger charge is 2.22. The van der Waals surface area contributed by atoms with Gasteiger partial charge in [0.15, 0.2) is 0 Å². The Morgan fingerprint density at radius 3 is 2.74 bits per heavy atom. The Balaban J connectivity index is 3.10. The lowest BCUT2D eigenvalue weighted by molar-refractivity contribution is 0.0833. The largest absolute Gasteiger partial charge is 0.396 e. The lowest BCUT2D eigenvalue weighted by atomic mass is 10.2. The fourth-order valence-corrected chi connectivity index (χ4v) is 2.74. The summed E-state index contributed by atoms with van der Waals surface area (Å²) in [6.07, 6.45) is 0. The van der Waals surface area contributed by atoms with Gasteiger partial charge in [-0.25, -0.2) is 0 Å². The zero-order valence-corrected chi connectivity index (χ0v) is 12.3. The van der Waals surface area contributed by atoms with Crippen LogP contribution in [0, 0.1) is 11.3 Å². The fraction of sp³-hybridized carbons (Fsp3) is 0.500. The lowest BCUT2D eigenvalue weighted by Crippen LogP contribution is -2.21. The molecule has 0 aromatic carbocycles. The van der Waals surface area contributed by atoms with Gasteiger partial charge in [0.1, 0.15) is 21.5 Å². The SMILES string of the molecule is COCC(C)Nc1sc(C(=O)N(C)C)c(N)c1C#N. The second kappa shape index (κ2) is 6.41. The van der Waals surface area contributed by atoms with Crippen LogP contribution >= 0.6 is 11.3 Å². The molecule has 1 aromatic rings. The van der Waals surface area contributed by atoms with Crippen molar-refractivity contribution in [3.05, 3.63) is 10.4 Å². The van der Waals surface area contributed by atoms with Crippen LogP contribution < -0.4 is 11.1 Å². The Morgan fingerprint density at radius 1 is 1.63 bits per heavy atom. The summed E-state index contributed by atoms with van der Waals surface area (Å²) in [4.78, 5) is 13.8. The summed E-state index contributed by atoms with van der Waals surface area (Å²) in [7, 11) is 4.90. The molecular formula is C12H18N4O2S. The molecule has 0 aliphatic rings. The summed E-state index contributed by atoms with van der Waals surface area (Å²) in [5.41, 5.74) is 6.42. The highest BCUT2D eigenvalue weighted by atomic mass is 32.1. The predicted octanol–water partition coefficient (Wildman–Crippen LogP) is 1.35. The average Bonchev–Trinajstić information content (AvgIpc) is 2.64. The topological polar surface area (TPSA) is 91.4 Å². The molecule has 1 unspecified atom stereocenters. The van der Waals surface area contributed by atoms with Gasteiger partial charge in [-0.15, -0.1) is 11.3 Å². The summed E-state index contributed by atoms with van der Waals surface area (Å²) in [6.45, 7) is 2.42. The van der Waals surface area contributed by atoms with E-state index in [4.69, 9.17) is 15.7 Å². The summed E-state index contributed by atoms with van der Waals surface area (Å²) < 4.78 is 5.02. The first-order valence-electron chi connectivity index (χ1n) is 5.71. The van der Waals surface area contributed by atoms with Gasteiger partial charge < -0.3 is 20.7 Å². The van der Waals surface area contributed by atoms with Gasteiger partial charge in [-0.3, -0.25) is 4.79 Å². The molecule has 1 heterocycles. The van der Waals surface area contributed by atoms with Gasteiger partial charge in [-0.05, 0) is 6.92 Å². The molecule has 19 heavy (non-hydrogen) atoms. The van der Waals surface area contributed by atoms with Crippen LogP contribution in [0.2, 0.25) is 0 Å². The highest BCUT2D eigenvalue weighted by Crippen LogP contribution is 2.36. The number of hydrogen-bond donors (Lipinski definition) is 2. The van der Waals surface area contributed by atoms with Crippen molar-refractivity contribution in [3.63, 3.8) is 0 Å². The Morgan fingerprint density at radius 2 is 2.26 bits per heavy atom. The zero-order valence-electron chi connectivity index (χ0n) is 11.5. The second-order valence-corrected chi connectivity index (χ2v) is 5.38. The number of methoxy groups -OCH3 is 1. The van der Waals surface area contributed by atoms with E-state index in [9.17, 15) is 4.79 Å². The molecule has 0 aliphatic carbocycles. The molecule has 0 fully saturated rings. The predicted molar refractivity (Wildman–Crippen MR) is 76.4 cm³/mol. The first-order chi connectivity index (χ1) is 8.92. The molecule has 104 valence electrons. The van der Waals surface area contributed by atoms with Gasteiger partial charge in [-0.1, -0.05) is 0 Å². The van der Waals surface area contributed by atoms with Crippen LogP contribution in [0.15, 0.2) is 0 Å². The van der Waals surface area contributed by atoms with E-state index in [0.717, 1.165) is 0 Å². The van der Waals surface area contributed by atoms with Crippen molar-refractivity contribution in [2.45, 2.75) is 13.0 Å². The molecule has 1 atom stereocenters. The molecule has 1 rings (SSSR count). The number of thiophene rings is 1. The molecule has 0 aliphatic heterocycles. The maximum absolute atomic E-state index is 12.0. The highest BCUT2D eigenvalue weighted by molar-refractivity contribution is 7.18. The van der Waals surface area contributed by atoms with E-state index < -0.39 is 0 Å². The number of anilines is 2. The molecule has 1 amide bonds. The van der Waals surface area contributed by atoms with E-state index in [1.54, 1.807) is 21.2 Å². The number of carbonyl (C=O) groups is 1. The monoisotopic (exact) mass is 282 g/mol. The number of amides is 1. The molecule has 0 spiro atoms. The minimum Gasteiger partial charge on any atom is -0.396 e. The zero-order chi connectivity index (χ0) is 14.6. The van der Waals surface area contributed by atoms with Crippen molar-refractivity contribution >= 4 is 27.9 Å². The quantitative estimate of drug-likeness (QED) is 0.850. The average molecular weight is 282 g/mol. The number of nitrogen functional groups attached to an aromatic ring is 1. The number of nitriles is 1. The van der Waals surface area contributed by atoms with Gasteiger partial charge in [0.25, 0.3) is 5.91 Å². The molecule has 0 bridgehead atoms. The molecule has 6 nitrogen and oxygen atoms in total. The summed E-state index contributed by atoms with van der Waals surface area (Å²) >= 11 is 1.20. The van der Waals surface area contributed by atoms with Crippen molar-refractivity contribution in [1.29, 1.82) is 5.26 Å². The number of nitrogens with one attached hydrogen (secondary N) is 1. The van der Waals surface area contributed by atoms with E-state index in [2.05, 4.69) is 5.32 Å². The minimum absolute atomic E-state index is 0.0254. The third-order valence-electron chi connectivity index (χ3n) is 2.45. The lowest BCUT2D eigenvalue weighted by Gasteiger charge is -2.12. The van der Waals surface area contributed by atoms with Gasteiger partial charge in [0.2, 0.25) is 0 Å². The number of nitrogens with zero attached hydrogens (tertiary/aromatic N) is 2. The third-order valence-corrected chi connectivity index (χ3v) is 3.58. The van der Waals surface area contributed by atoms with Crippen LogP contribution in [-0.2, 0) is 4.74 Å². The van der Waals surface area contributed by atoms with E-state index in [0.29, 0.717) is 22.0 Å². The Hall–Kier alpha value is -1.78.